The standard InChI is InChI=1S/C18H21ClN4O3S/c1-13-10-16(21-26-13)20-17(24)11-22-6-8-23(9-7-22)18(25)12-27-15-5-3-2-4-14(15)19/h2-5,10H,6-9,11-12H2,1H3,(H,20,21,24). The zero-order valence-corrected chi connectivity index (χ0v) is 16.6. The van der Waals surface area contributed by atoms with Gasteiger partial charge in [-0.25, -0.2) is 0 Å². The predicted molar refractivity (Wildman–Crippen MR) is 105 cm³/mol. The molecule has 1 fully saturated rings. The number of rotatable bonds is 6. The minimum atomic E-state index is -0.141. The van der Waals surface area contributed by atoms with Gasteiger partial charge in [0.1, 0.15) is 5.76 Å². The average Bonchev–Trinajstić information content (AvgIpc) is 3.06. The SMILES string of the molecule is Cc1cc(NC(=O)CN2CCN(C(=O)CSc3ccccc3Cl)CC2)no1. The quantitative estimate of drug-likeness (QED) is 0.740. The molecule has 1 aliphatic rings. The smallest absolute Gasteiger partial charge is 0.239 e. The van der Waals surface area contributed by atoms with Crippen LogP contribution in [-0.2, 0) is 9.59 Å². The van der Waals surface area contributed by atoms with Crippen LogP contribution in [0, 0.1) is 6.92 Å². The number of amides is 2. The molecule has 0 atom stereocenters. The molecular formula is C18H21ClN4O3S. The molecule has 1 N–H and O–H groups in total. The molecule has 1 aliphatic heterocycles. The highest BCUT2D eigenvalue weighted by atomic mass is 35.5. The van der Waals surface area contributed by atoms with Crippen molar-refractivity contribution in [3.63, 3.8) is 0 Å². The van der Waals surface area contributed by atoms with Crippen LogP contribution in [0.25, 0.3) is 0 Å². The van der Waals surface area contributed by atoms with Crippen molar-refractivity contribution in [3.8, 4) is 0 Å². The topological polar surface area (TPSA) is 78.7 Å². The van der Waals surface area contributed by atoms with Crippen LogP contribution >= 0.6 is 23.4 Å². The lowest BCUT2D eigenvalue weighted by molar-refractivity contribution is -0.130. The van der Waals surface area contributed by atoms with Crippen LogP contribution in [0.15, 0.2) is 39.8 Å². The number of aromatic nitrogens is 1. The first-order valence-corrected chi connectivity index (χ1v) is 9.98. The fourth-order valence-electron chi connectivity index (χ4n) is 2.76. The molecule has 2 aromatic rings. The van der Waals surface area contributed by atoms with Gasteiger partial charge in [-0.2, -0.15) is 0 Å². The van der Waals surface area contributed by atoms with Crippen LogP contribution in [0.1, 0.15) is 5.76 Å². The summed E-state index contributed by atoms with van der Waals surface area (Å²) in [5.74, 6) is 1.37. The van der Waals surface area contributed by atoms with Gasteiger partial charge in [0.2, 0.25) is 11.8 Å². The third-order valence-corrected chi connectivity index (χ3v) is 5.68. The largest absolute Gasteiger partial charge is 0.360 e. The molecule has 27 heavy (non-hydrogen) atoms. The lowest BCUT2D eigenvalue weighted by atomic mass is 10.3. The Kier molecular flexibility index (Phi) is 6.76. The molecule has 0 aliphatic carbocycles. The summed E-state index contributed by atoms with van der Waals surface area (Å²) in [6.45, 7) is 4.57. The van der Waals surface area contributed by atoms with E-state index in [4.69, 9.17) is 16.1 Å². The molecule has 1 saturated heterocycles. The van der Waals surface area contributed by atoms with E-state index < -0.39 is 0 Å². The summed E-state index contributed by atoms with van der Waals surface area (Å²) in [4.78, 5) is 29.2. The summed E-state index contributed by atoms with van der Waals surface area (Å²) in [7, 11) is 0. The first kappa shape index (κ1) is 19.7. The zero-order chi connectivity index (χ0) is 19.2. The van der Waals surface area contributed by atoms with Gasteiger partial charge >= 0.3 is 0 Å². The lowest BCUT2D eigenvalue weighted by Crippen LogP contribution is -2.50. The second-order valence-corrected chi connectivity index (χ2v) is 7.67. The van der Waals surface area contributed by atoms with E-state index in [1.165, 1.54) is 11.8 Å². The molecule has 0 saturated carbocycles. The lowest BCUT2D eigenvalue weighted by Gasteiger charge is -2.34. The van der Waals surface area contributed by atoms with Crippen molar-refractivity contribution in [1.29, 1.82) is 0 Å². The number of aryl methyl sites for hydroxylation is 1. The normalized spacial score (nSPS) is 15.0. The van der Waals surface area contributed by atoms with E-state index in [2.05, 4.69) is 10.5 Å². The molecule has 2 amide bonds. The second-order valence-electron chi connectivity index (χ2n) is 6.25. The van der Waals surface area contributed by atoms with Crippen molar-refractivity contribution < 1.29 is 14.1 Å². The first-order valence-electron chi connectivity index (χ1n) is 8.62. The molecule has 7 nitrogen and oxygen atoms in total. The van der Waals surface area contributed by atoms with E-state index in [1.54, 1.807) is 13.0 Å². The third-order valence-electron chi connectivity index (χ3n) is 4.18. The Morgan fingerprint density at radius 1 is 1.26 bits per heavy atom. The number of benzene rings is 1. The summed E-state index contributed by atoms with van der Waals surface area (Å²) in [5.41, 5.74) is 0. The predicted octanol–water partition coefficient (Wildman–Crippen LogP) is 2.51. The van der Waals surface area contributed by atoms with Gasteiger partial charge in [0.05, 0.1) is 17.3 Å². The van der Waals surface area contributed by atoms with Crippen LogP contribution in [0.5, 0.6) is 0 Å². The van der Waals surface area contributed by atoms with E-state index in [0.29, 0.717) is 48.5 Å². The Labute approximate surface area is 167 Å². The average molecular weight is 409 g/mol. The first-order chi connectivity index (χ1) is 13.0. The van der Waals surface area contributed by atoms with Crippen molar-refractivity contribution in [2.24, 2.45) is 0 Å². The van der Waals surface area contributed by atoms with Crippen molar-refractivity contribution in [3.05, 3.63) is 41.1 Å². The summed E-state index contributed by atoms with van der Waals surface area (Å²) in [6.07, 6.45) is 0. The third kappa shape index (κ3) is 5.72. The van der Waals surface area contributed by atoms with Crippen molar-refractivity contribution in [2.45, 2.75) is 11.8 Å². The Balaban J connectivity index is 1.39. The van der Waals surface area contributed by atoms with Crippen LogP contribution in [-0.4, -0.2) is 65.2 Å². The minimum Gasteiger partial charge on any atom is -0.360 e. The number of piperazine rings is 1. The molecule has 0 spiro atoms. The van der Waals surface area contributed by atoms with E-state index in [0.717, 1.165) is 4.90 Å². The molecule has 0 unspecified atom stereocenters. The van der Waals surface area contributed by atoms with Gasteiger partial charge in [-0.3, -0.25) is 14.5 Å². The van der Waals surface area contributed by atoms with E-state index >= 15 is 0 Å². The molecule has 0 radical (unpaired) electrons. The van der Waals surface area contributed by atoms with Crippen molar-refractivity contribution >= 4 is 41.0 Å². The highest BCUT2D eigenvalue weighted by Crippen LogP contribution is 2.26. The summed E-state index contributed by atoms with van der Waals surface area (Å²) in [6, 6.07) is 9.17. The molecule has 1 aromatic carbocycles. The highest BCUT2D eigenvalue weighted by molar-refractivity contribution is 8.00. The molecular weight excluding hydrogens is 388 g/mol. The number of anilines is 1. The van der Waals surface area contributed by atoms with Crippen LogP contribution in [0.4, 0.5) is 5.82 Å². The van der Waals surface area contributed by atoms with Gasteiger partial charge in [-0.15, -0.1) is 11.8 Å². The zero-order valence-electron chi connectivity index (χ0n) is 15.0. The van der Waals surface area contributed by atoms with Crippen LogP contribution in [0.2, 0.25) is 5.02 Å². The summed E-state index contributed by atoms with van der Waals surface area (Å²) < 4.78 is 4.93. The number of hydrogen-bond acceptors (Lipinski definition) is 6. The maximum Gasteiger partial charge on any atom is 0.239 e. The Morgan fingerprint density at radius 3 is 2.67 bits per heavy atom. The molecule has 2 heterocycles. The van der Waals surface area contributed by atoms with Crippen molar-refractivity contribution in [2.75, 3.05) is 43.8 Å². The Morgan fingerprint density at radius 2 is 2.00 bits per heavy atom. The number of nitrogens with zero attached hydrogens (tertiary/aromatic N) is 3. The second kappa shape index (κ2) is 9.25. The molecule has 9 heteroatoms. The van der Waals surface area contributed by atoms with E-state index in [-0.39, 0.29) is 18.4 Å². The van der Waals surface area contributed by atoms with Gasteiger partial charge in [0.15, 0.2) is 5.82 Å². The number of carbonyl (C=O) groups is 2. The van der Waals surface area contributed by atoms with Gasteiger partial charge < -0.3 is 14.7 Å². The fourth-order valence-corrected chi connectivity index (χ4v) is 3.90. The molecule has 144 valence electrons. The van der Waals surface area contributed by atoms with Crippen molar-refractivity contribution in [1.82, 2.24) is 15.0 Å². The number of hydrogen-bond donors (Lipinski definition) is 1. The number of halogens is 1. The summed E-state index contributed by atoms with van der Waals surface area (Å²) >= 11 is 7.57. The highest BCUT2D eigenvalue weighted by Gasteiger charge is 2.22. The number of carbonyl (C=O) groups excluding carboxylic acids is 2. The molecule has 0 bridgehead atoms. The summed E-state index contributed by atoms with van der Waals surface area (Å²) in [5, 5.41) is 7.11. The Hall–Kier alpha value is -2.03. The van der Waals surface area contributed by atoms with Crippen LogP contribution < -0.4 is 5.32 Å². The maximum atomic E-state index is 12.4. The monoisotopic (exact) mass is 408 g/mol. The van der Waals surface area contributed by atoms with Crippen LogP contribution in [0.3, 0.4) is 0 Å². The van der Waals surface area contributed by atoms with Gasteiger partial charge in [-0.1, -0.05) is 28.9 Å². The molecule has 3 rings (SSSR count). The fraction of sp³-hybridized carbons (Fsp3) is 0.389. The van der Waals surface area contributed by atoms with Gasteiger partial charge in [0.25, 0.3) is 0 Å². The maximum absolute atomic E-state index is 12.4. The van der Waals surface area contributed by atoms with Gasteiger partial charge in [-0.05, 0) is 19.1 Å². The van der Waals surface area contributed by atoms with Gasteiger partial charge in [0, 0.05) is 37.1 Å². The number of thioether (sulfide) groups is 1. The Bertz CT molecular complexity index is 805. The minimum absolute atomic E-state index is 0.0853. The van der Waals surface area contributed by atoms with E-state index in [1.807, 2.05) is 34.1 Å². The number of nitrogens with one attached hydrogen (secondary N) is 1. The molecule has 1 aromatic heterocycles. The van der Waals surface area contributed by atoms with E-state index in [9.17, 15) is 9.59 Å².